The molecule has 0 atom stereocenters. The molecule has 0 aliphatic carbocycles. The lowest BCUT2D eigenvalue weighted by atomic mass is 10.3. The van der Waals surface area contributed by atoms with Crippen molar-refractivity contribution in [3.05, 3.63) is 24.0 Å². The normalized spacial score (nSPS) is 16.9. The molecule has 5 nitrogen and oxygen atoms in total. The Hall–Kier alpha value is -1.46. The number of aromatic nitrogens is 1. The molecule has 5 heteroatoms. The third-order valence-corrected chi connectivity index (χ3v) is 1.90. The molecule has 1 fully saturated rings. The van der Waals surface area contributed by atoms with Gasteiger partial charge in [0.05, 0.1) is 18.9 Å². The number of amides is 1. The monoisotopic (exact) mass is 194 g/mol. The van der Waals surface area contributed by atoms with Gasteiger partial charge in [0, 0.05) is 6.20 Å². The van der Waals surface area contributed by atoms with Crippen molar-refractivity contribution in [2.75, 3.05) is 18.5 Å². The molecule has 0 aromatic carbocycles. The summed E-state index contributed by atoms with van der Waals surface area (Å²) in [6.45, 7) is 1.11. The Kier molecular flexibility index (Phi) is 2.71. The maximum Gasteiger partial charge on any atom is 0.211 e. The molecule has 0 radical (unpaired) electrons. The second-order valence-corrected chi connectivity index (χ2v) is 2.77. The van der Waals surface area contributed by atoms with Gasteiger partial charge in [-0.2, -0.15) is 0 Å². The average molecular weight is 194 g/mol. The van der Waals surface area contributed by atoms with E-state index in [9.17, 15) is 4.79 Å². The Balaban J connectivity index is 2.25. The zero-order valence-corrected chi connectivity index (χ0v) is 7.47. The number of ether oxygens (including phenoxy) is 2. The van der Waals surface area contributed by atoms with Gasteiger partial charge in [-0.3, -0.25) is 9.78 Å². The lowest BCUT2D eigenvalue weighted by molar-refractivity contribution is -0.105. The van der Waals surface area contributed by atoms with Gasteiger partial charge in [0.15, 0.2) is 0 Å². The van der Waals surface area contributed by atoms with E-state index in [-0.39, 0.29) is 0 Å². The first-order chi connectivity index (χ1) is 6.92. The number of hydrogen-bond acceptors (Lipinski definition) is 4. The van der Waals surface area contributed by atoms with E-state index in [0.717, 1.165) is 0 Å². The molecule has 0 spiro atoms. The van der Waals surface area contributed by atoms with E-state index in [1.807, 2.05) is 0 Å². The molecular weight excluding hydrogens is 184 g/mol. The van der Waals surface area contributed by atoms with Crippen LogP contribution in [0.1, 0.15) is 12.0 Å². The number of rotatable bonds is 3. The summed E-state index contributed by atoms with van der Waals surface area (Å²) in [6.07, 6.45) is 1.78. The quantitative estimate of drug-likeness (QED) is 0.719. The Bertz CT molecular complexity index is 324. The van der Waals surface area contributed by atoms with Gasteiger partial charge in [0.2, 0.25) is 12.7 Å². The van der Waals surface area contributed by atoms with Crippen molar-refractivity contribution in [2.24, 2.45) is 0 Å². The molecule has 2 heterocycles. The van der Waals surface area contributed by atoms with E-state index in [1.54, 1.807) is 18.3 Å². The van der Waals surface area contributed by atoms with Crippen LogP contribution in [-0.2, 0) is 14.3 Å². The van der Waals surface area contributed by atoms with Gasteiger partial charge >= 0.3 is 0 Å². The molecule has 14 heavy (non-hydrogen) atoms. The van der Waals surface area contributed by atoms with Crippen LogP contribution in [0, 0.1) is 0 Å². The summed E-state index contributed by atoms with van der Waals surface area (Å²) in [7, 11) is 0. The van der Waals surface area contributed by atoms with Crippen molar-refractivity contribution in [3.8, 4) is 0 Å². The zero-order chi connectivity index (χ0) is 9.80. The molecule has 1 aliphatic rings. The Morgan fingerprint density at radius 1 is 1.50 bits per heavy atom. The topological polar surface area (TPSA) is 60.5 Å². The summed E-state index contributed by atoms with van der Waals surface area (Å²) in [5, 5.41) is 2.55. The highest BCUT2D eigenvalue weighted by atomic mass is 16.7. The fourth-order valence-corrected chi connectivity index (χ4v) is 1.31. The summed E-state index contributed by atoms with van der Waals surface area (Å²) >= 11 is 0. The van der Waals surface area contributed by atoms with Crippen LogP contribution < -0.4 is 5.32 Å². The predicted molar refractivity (Wildman–Crippen MR) is 48.6 cm³/mol. The van der Waals surface area contributed by atoms with E-state index in [4.69, 9.17) is 9.47 Å². The van der Waals surface area contributed by atoms with Crippen molar-refractivity contribution in [1.29, 1.82) is 0 Å². The maximum atomic E-state index is 10.3. The molecule has 2 rings (SSSR count). The number of nitrogens with one attached hydrogen (secondary N) is 1. The molecule has 1 aromatic heterocycles. The minimum atomic E-state index is -0.460. The number of anilines is 1. The Morgan fingerprint density at radius 2 is 2.29 bits per heavy atom. The molecule has 0 saturated carbocycles. The minimum absolute atomic E-state index is 0.460. The largest absolute Gasteiger partial charge is 0.345 e. The van der Waals surface area contributed by atoms with Gasteiger partial charge in [0.1, 0.15) is 5.69 Å². The first-order valence-corrected chi connectivity index (χ1v) is 4.30. The highest BCUT2D eigenvalue weighted by molar-refractivity contribution is 5.72. The number of carbonyl (C=O) groups is 1. The first kappa shape index (κ1) is 9.11. The standard InChI is InChI=1S/C9H10N2O3/c12-6-11-7-2-1-3-10-8(7)9-13-4-5-14-9/h1-3,6,9H,4-5H2,(H,11,12). The van der Waals surface area contributed by atoms with E-state index >= 15 is 0 Å². The lowest BCUT2D eigenvalue weighted by Crippen LogP contribution is -2.06. The molecular formula is C9H10N2O3. The zero-order valence-electron chi connectivity index (χ0n) is 7.47. The summed E-state index contributed by atoms with van der Waals surface area (Å²) in [5.41, 5.74) is 1.23. The van der Waals surface area contributed by atoms with Gasteiger partial charge in [-0.05, 0) is 12.1 Å². The second kappa shape index (κ2) is 4.17. The average Bonchev–Trinajstić information content (AvgIpc) is 2.72. The number of hydrogen-bond donors (Lipinski definition) is 1. The summed E-state index contributed by atoms with van der Waals surface area (Å²) in [6, 6.07) is 3.49. The van der Waals surface area contributed by atoms with Crippen molar-refractivity contribution < 1.29 is 14.3 Å². The minimum Gasteiger partial charge on any atom is -0.345 e. The highest BCUT2D eigenvalue weighted by Gasteiger charge is 2.22. The molecule has 0 unspecified atom stereocenters. The summed E-state index contributed by atoms with van der Waals surface area (Å²) in [5.74, 6) is 0. The van der Waals surface area contributed by atoms with Crippen LogP contribution in [0.3, 0.4) is 0 Å². The van der Waals surface area contributed by atoms with Crippen LogP contribution in [0.15, 0.2) is 18.3 Å². The predicted octanol–water partition coefficient (Wildman–Crippen LogP) is 0.695. The molecule has 1 saturated heterocycles. The van der Waals surface area contributed by atoms with Crippen molar-refractivity contribution >= 4 is 12.1 Å². The van der Waals surface area contributed by atoms with Gasteiger partial charge in [-0.25, -0.2) is 0 Å². The van der Waals surface area contributed by atoms with Gasteiger partial charge < -0.3 is 14.8 Å². The smallest absolute Gasteiger partial charge is 0.211 e. The lowest BCUT2D eigenvalue weighted by Gasteiger charge is -2.11. The van der Waals surface area contributed by atoms with Gasteiger partial charge in [0.25, 0.3) is 0 Å². The van der Waals surface area contributed by atoms with Crippen molar-refractivity contribution in [1.82, 2.24) is 4.98 Å². The number of nitrogens with zero attached hydrogens (tertiary/aromatic N) is 1. The summed E-state index contributed by atoms with van der Waals surface area (Å²) < 4.78 is 10.6. The molecule has 1 amide bonds. The van der Waals surface area contributed by atoms with E-state index < -0.39 is 6.29 Å². The molecule has 1 aromatic rings. The molecule has 74 valence electrons. The second-order valence-electron chi connectivity index (χ2n) is 2.77. The van der Waals surface area contributed by atoms with Crippen molar-refractivity contribution in [3.63, 3.8) is 0 Å². The van der Waals surface area contributed by atoms with E-state index in [0.29, 0.717) is 31.0 Å². The van der Waals surface area contributed by atoms with Crippen LogP contribution in [0.5, 0.6) is 0 Å². The first-order valence-electron chi connectivity index (χ1n) is 4.30. The molecule has 1 N–H and O–H groups in total. The fourth-order valence-electron chi connectivity index (χ4n) is 1.31. The van der Waals surface area contributed by atoms with Gasteiger partial charge in [-0.1, -0.05) is 0 Å². The number of carbonyl (C=O) groups excluding carboxylic acids is 1. The van der Waals surface area contributed by atoms with E-state index in [2.05, 4.69) is 10.3 Å². The number of pyridine rings is 1. The Labute approximate surface area is 81.0 Å². The Morgan fingerprint density at radius 3 is 3.00 bits per heavy atom. The highest BCUT2D eigenvalue weighted by Crippen LogP contribution is 2.26. The van der Waals surface area contributed by atoms with Crippen LogP contribution in [0.25, 0.3) is 0 Å². The van der Waals surface area contributed by atoms with Crippen LogP contribution in [0.2, 0.25) is 0 Å². The molecule has 1 aliphatic heterocycles. The van der Waals surface area contributed by atoms with Crippen LogP contribution in [-0.4, -0.2) is 24.6 Å². The SMILES string of the molecule is O=CNc1cccnc1C1OCCO1. The van der Waals surface area contributed by atoms with Crippen molar-refractivity contribution in [2.45, 2.75) is 6.29 Å². The molecule has 0 bridgehead atoms. The third kappa shape index (κ3) is 1.73. The fraction of sp³-hybridized carbons (Fsp3) is 0.333. The van der Waals surface area contributed by atoms with Crippen LogP contribution >= 0.6 is 0 Å². The van der Waals surface area contributed by atoms with E-state index in [1.165, 1.54) is 0 Å². The van der Waals surface area contributed by atoms with Crippen LogP contribution in [0.4, 0.5) is 5.69 Å². The maximum absolute atomic E-state index is 10.3. The summed E-state index contributed by atoms with van der Waals surface area (Å²) in [4.78, 5) is 14.4. The van der Waals surface area contributed by atoms with Gasteiger partial charge in [-0.15, -0.1) is 0 Å². The third-order valence-electron chi connectivity index (χ3n) is 1.90.